The summed E-state index contributed by atoms with van der Waals surface area (Å²) in [6.07, 6.45) is 4.88. The number of nitrogens with zero attached hydrogens (tertiary/aromatic N) is 6. The van der Waals surface area contributed by atoms with E-state index in [9.17, 15) is 4.79 Å². The predicted octanol–water partition coefficient (Wildman–Crippen LogP) is 2.74. The van der Waals surface area contributed by atoms with Crippen LogP contribution in [0, 0.1) is 6.92 Å². The molecule has 28 heavy (non-hydrogen) atoms. The number of carbonyl (C=O) groups excluding carboxylic acids is 1. The van der Waals surface area contributed by atoms with Crippen LogP contribution in [-0.2, 0) is 6.54 Å². The Hall–Kier alpha value is -3.49. The van der Waals surface area contributed by atoms with E-state index in [0.29, 0.717) is 36.1 Å². The van der Waals surface area contributed by atoms with E-state index in [4.69, 9.17) is 9.05 Å². The van der Waals surface area contributed by atoms with Crippen LogP contribution in [0.4, 0.5) is 0 Å². The number of hydrogen-bond donors (Lipinski definition) is 0. The Bertz CT molecular complexity index is 1140. The van der Waals surface area contributed by atoms with Crippen LogP contribution < -0.4 is 0 Å². The van der Waals surface area contributed by atoms with Crippen molar-refractivity contribution >= 4 is 16.9 Å². The number of imidazole rings is 1. The monoisotopic (exact) mass is 378 g/mol. The molecule has 5 rings (SSSR count). The van der Waals surface area contributed by atoms with Crippen LogP contribution in [0.1, 0.15) is 46.7 Å². The molecule has 0 bridgehead atoms. The maximum Gasteiger partial charge on any atom is 0.276 e. The summed E-state index contributed by atoms with van der Waals surface area (Å²) >= 11 is 0. The summed E-state index contributed by atoms with van der Waals surface area (Å²) in [6, 6.07) is 7.70. The summed E-state index contributed by atoms with van der Waals surface area (Å²) in [5, 5.41) is 7.81. The lowest BCUT2D eigenvalue weighted by molar-refractivity contribution is 0.0724. The number of benzene rings is 1. The van der Waals surface area contributed by atoms with E-state index in [1.165, 1.54) is 6.26 Å². The van der Waals surface area contributed by atoms with Crippen LogP contribution >= 0.6 is 0 Å². The zero-order chi connectivity index (χ0) is 19.1. The first-order valence-corrected chi connectivity index (χ1v) is 9.15. The van der Waals surface area contributed by atoms with Crippen LogP contribution in [-0.4, -0.2) is 42.2 Å². The Labute approximate surface area is 159 Å². The maximum absolute atomic E-state index is 13.0. The number of oxazole rings is 1. The van der Waals surface area contributed by atoms with E-state index in [0.717, 1.165) is 23.9 Å². The number of hydrogen-bond acceptors (Lipinski definition) is 7. The largest absolute Gasteiger partial charge is 0.446 e. The van der Waals surface area contributed by atoms with Gasteiger partial charge in [-0.3, -0.25) is 4.79 Å². The minimum Gasteiger partial charge on any atom is -0.446 e. The quantitative estimate of drug-likeness (QED) is 0.538. The number of aromatic nitrogens is 5. The van der Waals surface area contributed by atoms with E-state index < -0.39 is 0 Å². The molecule has 142 valence electrons. The van der Waals surface area contributed by atoms with E-state index >= 15 is 0 Å². The summed E-state index contributed by atoms with van der Waals surface area (Å²) in [5.41, 5.74) is 3.60. The van der Waals surface area contributed by atoms with Gasteiger partial charge in [0.2, 0.25) is 5.89 Å². The van der Waals surface area contributed by atoms with Gasteiger partial charge in [-0.25, -0.2) is 14.6 Å². The topological polar surface area (TPSA) is 103 Å². The molecule has 1 aromatic carbocycles. The zero-order valence-corrected chi connectivity index (χ0v) is 15.3. The van der Waals surface area contributed by atoms with Gasteiger partial charge < -0.3 is 13.9 Å². The lowest BCUT2D eigenvalue weighted by atomic mass is 10.1. The summed E-state index contributed by atoms with van der Waals surface area (Å²) in [7, 11) is 0. The van der Waals surface area contributed by atoms with Crippen LogP contribution in [0.5, 0.6) is 0 Å². The van der Waals surface area contributed by atoms with E-state index in [-0.39, 0.29) is 11.9 Å². The van der Waals surface area contributed by atoms with Crippen LogP contribution in [0.25, 0.3) is 11.0 Å². The second kappa shape index (κ2) is 6.59. The number of aryl methyl sites for hydroxylation is 1. The molecule has 1 fully saturated rings. The number of rotatable bonds is 4. The fourth-order valence-electron chi connectivity index (χ4n) is 3.75. The molecule has 1 aliphatic rings. The molecule has 0 unspecified atom stereocenters. The summed E-state index contributed by atoms with van der Waals surface area (Å²) < 4.78 is 12.3. The fraction of sp³-hybridized carbons (Fsp3) is 0.316. The highest BCUT2D eigenvalue weighted by Crippen LogP contribution is 2.33. The highest BCUT2D eigenvalue weighted by molar-refractivity contribution is 5.92. The Morgan fingerprint density at radius 2 is 2.18 bits per heavy atom. The fourth-order valence-corrected chi connectivity index (χ4v) is 3.75. The number of para-hydroxylation sites is 2. The molecule has 1 atom stereocenters. The number of fused-ring (bicyclic) bond motifs is 1. The molecule has 0 spiro atoms. The van der Waals surface area contributed by atoms with E-state index in [1.807, 2.05) is 35.8 Å². The molecule has 0 saturated carbocycles. The van der Waals surface area contributed by atoms with Crippen LogP contribution in [0.3, 0.4) is 0 Å². The molecule has 4 heterocycles. The lowest BCUT2D eigenvalue weighted by Gasteiger charge is -2.21. The van der Waals surface area contributed by atoms with Crippen molar-refractivity contribution < 1.29 is 13.8 Å². The van der Waals surface area contributed by atoms with Gasteiger partial charge >= 0.3 is 0 Å². The number of likely N-dealkylation sites (tertiary alicyclic amines) is 1. The van der Waals surface area contributed by atoms with Gasteiger partial charge in [-0.1, -0.05) is 22.4 Å². The second-order valence-corrected chi connectivity index (χ2v) is 6.88. The zero-order valence-electron chi connectivity index (χ0n) is 15.3. The predicted molar refractivity (Wildman–Crippen MR) is 97.4 cm³/mol. The molecule has 0 aliphatic carbocycles. The third-order valence-electron chi connectivity index (χ3n) is 5.12. The Morgan fingerprint density at radius 1 is 1.29 bits per heavy atom. The normalized spacial score (nSPS) is 16.9. The van der Waals surface area contributed by atoms with E-state index in [2.05, 4.69) is 20.3 Å². The molecule has 1 amide bonds. The molecular weight excluding hydrogens is 360 g/mol. The second-order valence-electron chi connectivity index (χ2n) is 6.88. The van der Waals surface area contributed by atoms with Gasteiger partial charge in [-0.2, -0.15) is 0 Å². The summed E-state index contributed by atoms with van der Waals surface area (Å²) in [6.45, 7) is 2.88. The minimum atomic E-state index is -0.171. The molecular formula is C19H18N6O3. The highest BCUT2D eigenvalue weighted by Gasteiger charge is 2.35. The highest BCUT2D eigenvalue weighted by atomic mass is 16.6. The first-order chi connectivity index (χ1) is 13.7. The van der Waals surface area contributed by atoms with Crippen molar-refractivity contribution in [3.05, 3.63) is 59.8 Å². The van der Waals surface area contributed by atoms with Crippen molar-refractivity contribution in [2.75, 3.05) is 6.54 Å². The minimum absolute atomic E-state index is 0.142. The average molecular weight is 378 g/mol. The average Bonchev–Trinajstić information content (AvgIpc) is 3.48. The summed E-state index contributed by atoms with van der Waals surface area (Å²) in [5.74, 6) is 0.289. The van der Waals surface area contributed by atoms with Gasteiger partial charge in [0.1, 0.15) is 24.2 Å². The van der Waals surface area contributed by atoms with Gasteiger partial charge in [0.15, 0.2) is 5.69 Å². The van der Waals surface area contributed by atoms with Crippen molar-refractivity contribution in [3.63, 3.8) is 0 Å². The van der Waals surface area contributed by atoms with Crippen molar-refractivity contribution in [2.24, 2.45) is 0 Å². The molecule has 9 heteroatoms. The molecule has 9 nitrogen and oxygen atoms in total. The Balaban J connectivity index is 1.37. The molecule has 4 aromatic rings. The van der Waals surface area contributed by atoms with Crippen LogP contribution in [0.2, 0.25) is 0 Å². The van der Waals surface area contributed by atoms with Gasteiger partial charge in [-0.05, 0) is 31.9 Å². The SMILES string of the molecule is Cc1nonc1[C@@H]1CCCN1C(=O)c1coc(Cn2cnc3ccccc32)n1. The smallest absolute Gasteiger partial charge is 0.276 e. The van der Waals surface area contributed by atoms with Crippen molar-refractivity contribution in [3.8, 4) is 0 Å². The molecule has 0 N–H and O–H groups in total. The molecule has 0 radical (unpaired) electrons. The Morgan fingerprint density at radius 3 is 3.04 bits per heavy atom. The van der Waals surface area contributed by atoms with Gasteiger partial charge in [-0.15, -0.1) is 0 Å². The lowest BCUT2D eigenvalue weighted by Crippen LogP contribution is -2.31. The van der Waals surface area contributed by atoms with Crippen LogP contribution in [0.15, 0.2) is 45.9 Å². The van der Waals surface area contributed by atoms with Gasteiger partial charge in [0, 0.05) is 6.54 Å². The number of carbonyl (C=O) groups is 1. The third kappa shape index (κ3) is 2.75. The van der Waals surface area contributed by atoms with Crippen molar-refractivity contribution in [2.45, 2.75) is 32.4 Å². The molecule has 3 aromatic heterocycles. The Kier molecular flexibility index (Phi) is 3.92. The number of amides is 1. The third-order valence-corrected chi connectivity index (χ3v) is 5.12. The summed E-state index contributed by atoms with van der Waals surface area (Å²) in [4.78, 5) is 23.5. The maximum atomic E-state index is 13.0. The molecule has 1 aliphatic heterocycles. The molecule has 1 saturated heterocycles. The van der Waals surface area contributed by atoms with Crippen molar-refractivity contribution in [1.29, 1.82) is 0 Å². The van der Waals surface area contributed by atoms with Gasteiger partial charge in [0.25, 0.3) is 5.91 Å². The van der Waals surface area contributed by atoms with Crippen molar-refractivity contribution in [1.82, 2.24) is 29.7 Å². The first-order valence-electron chi connectivity index (χ1n) is 9.15. The first kappa shape index (κ1) is 16.7. The van der Waals surface area contributed by atoms with Gasteiger partial charge in [0.05, 0.1) is 23.4 Å². The standard InChI is InChI=1S/C19H18N6O3/c1-12-18(23-28-22-12)16-7-4-8-25(16)19(26)14-10-27-17(21-14)9-24-11-20-13-5-2-3-6-15(13)24/h2-3,5-6,10-11,16H,4,7-9H2,1H3/t16-/m0/s1. The van der Waals surface area contributed by atoms with E-state index in [1.54, 1.807) is 11.2 Å².